The number of rotatable bonds is 4. The Bertz CT molecular complexity index is 1150. The van der Waals surface area contributed by atoms with Gasteiger partial charge in [0.1, 0.15) is 5.82 Å². The lowest BCUT2D eigenvalue weighted by molar-refractivity contribution is -0.117. The van der Waals surface area contributed by atoms with Gasteiger partial charge in [-0.05, 0) is 55.7 Å². The molecule has 1 aromatic heterocycles. The molecule has 2 aliphatic rings. The molecule has 8 heteroatoms. The van der Waals surface area contributed by atoms with E-state index in [2.05, 4.69) is 9.97 Å². The van der Waals surface area contributed by atoms with E-state index in [1.54, 1.807) is 33.5 Å². The minimum atomic E-state index is -3.55. The monoisotopic (exact) mass is 424 g/mol. The Labute approximate surface area is 175 Å². The molecule has 0 unspecified atom stereocenters. The number of para-hydroxylation sites is 2. The average molecular weight is 425 g/mol. The number of aromatic amines is 1. The fourth-order valence-corrected chi connectivity index (χ4v) is 5.87. The Morgan fingerprint density at radius 3 is 2.37 bits per heavy atom. The van der Waals surface area contributed by atoms with Crippen molar-refractivity contribution in [2.45, 2.75) is 36.5 Å². The van der Waals surface area contributed by atoms with Crippen LogP contribution in [-0.2, 0) is 14.8 Å². The summed E-state index contributed by atoms with van der Waals surface area (Å²) >= 11 is 0. The van der Waals surface area contributed by atoms with Gasteiger partial charge in [0.15, 0.2) is 0 Å². The van der Waals surface area contributed by atoms with Crippen LogP contribution in [0.25, 0.3) is 11.0 Å². The topological polar surface area (TPSA) is 86.4 Å². The number of imidazole rings is 1. The van der Waals surface area contributed by atoms with E-state index in [1.165, 1.54) is 0 Å². The average Bonchev–Trinajstić information content (AvgIpc) is 3.40. The quantitative estimate of drug-likeness (QED) is 0.697. The second-order valence-electron chi connectivity index (χ2n) is 7.96. The number of piperidine rings is 1. The van der Waals surface area contributed by atoms with Gasteiger partial charge < -0.3 is 9.88 Å². The first-order chi connectivity index (χ1) is 14.5. The van der Waals surface area contributed by atoms with Gasteiger partial charge in [0.2, 0.25) is 15.9 Å². The fourth-order valence-electron chi connectivity index (χ4n) is 4.40. The van der Waals surface area contributed by atoms with E-state index >= 15 is 0 Å². The maximum atomic E-state index is 13.1. The molecule has 0 spiro atoms. The van der Waals surface area contributed by atoms with Gasteiger partial charge in [-0.3, -0.25) is 4.79 Å². The van der Waals surface area contributed by atoms with Crippen LogP contribution in [0.5, 0.6) is 0 Å². The molecule has 2 aliphatic heterocycles. The third-order valence-corrected chi connectivity index (χ3v) is 8.02. The van der Waals surface area contributed by atoms with Crippen molar-refractivity contribution in [1.82, 2.24) is 14.3 Å². The van der Waals surface area contributed by atoms with Crippen molar-refractivity contribution in [3.05, 3.63) is 54.4 Å². The zero-order chi connectivity index (χ0) is 20.7. The lowest BCUT2D eigenvalue weighted by atomic mass is 9.97. The Balaban J connectivity index is 1.28. The molecule has 1 N–H and O–H groups in total. The summed E-state index contributed by atoms with van der Waals surface area (Å²) < 4.78 is 27.7. The highest BCUT2D eigenvalue weighted by Crippen LogP contribution is 2.31. The van der Waals surface area contributed by atoms with E-state index in [9.17, 15) is 13.2 Å². The van der Waals surface area contributed by atoms with Crippen LogP contribution < -0.4 is 4.90 Å². The molecule has 5 rings (SSSR count). The van der Waals surface area contributed by atoms with Gasteiger partial charge in [0.05, 0.1) is 15.9 Å². The normalized spacial score (nSPS) is 19.1. The summed E-state index contributed by atoms with van der Waals surface area (Å²) in [6, 6.07) is 14.6. The van der Waals surface area contributed by atoms with Gasteiger partial charge in [-0.15, -0.1) is 0 Å². The van der Waals surface area contributed by atoms with Crippen molar-refractivity contribution >= 4 is 32.7 Å². The molecule has 2 fully saturated rings. The van der Waals surface area contributed by atoms with Gasteiger partial charge in [0, 0.05) is 37.7 Å². The molecule has 3 heterocycles. The molecule has 7 nitrogen and oxygen atoms in total. The Kier molecular flexibility index (Phi) is 4.83. The number of hydrogen-bond donors (Lipinski definition) is 1. The van der Waals surface area contributed by atoms with Crippen LogP contribution in [0.1, 0.15) is 37.4 Å². The third-order valence-electron chi connectivity index (χ3n) is 6.11. The Morgan fingerprint density at radius 2 is 1.70 bits per heavy atom. The number of amides is 1. The smallest absolute Gasteiger partial charge is 0.243 e. The highest BCUT2D eigenvalue weighted by atomic mass is 32.2. The zero-order valence-corrected chi connectivity index (χ0v) is 17.4. The molecular formula is C22H24N4O3S. The van der Waals surface area contributed by atoms with Crippen LogP contribution in [0.15, 0.2) is 53.4 Å². The first-order valence-corrected chi connectivity index (χ1v) is 11.8. The second-order valence-corrected chi connectivity index (χ2v) is 9.90. The SMILES string of the molecule is O=C1CCCN1c1ccc(S(=O)(=O)N2CCC(c3nc4ccccc4[nH]3)CC2)cc1. The van der Waals surface area contributed by atoms with Crippen LogP contribution in [-0.4, -0.2) is 48.2 Å². The van der Waals surface area contributed by atoms with Crippen molar-refractivity contribution in [2.24, 2.45) is 0 Å². The predicted molar refractivity (Wildman–Crippen MR) is 115 cm³/mol. The highest BCUT2D eigenvalue weighted by molar-refractivity contribution is 7.89. The van der Waals surface area contributed by atoms with Crippen molar-refractivity contribution in [2.75, 3.05) is 24.5 Å². The first-order valence-electron chi connectivity index (χ1n) is 10.4. The van der Waals surface area contributed by atoms with E-state index < -0.39 is 10.0 Å². The van der Waals surface area contributed by atoms with E-state index in [4.69, 9.17) is 0 Å². The minimum absolute atomic E-state index is 0.0956. The number of H-pyrrole nitrogens is 1. The molecule has 1 amide bonds. The van der Waals surface area contributed by atoms with Crippen molar-refractivity contribution in [3.63, 3.8) is 0 Å². The molecule has 0 saturated carbocycles. The molecular weight excluding hydrogens is 400 g/mol. The predicted octanol–water partition coefficient (Wildman–Crippen LogP) is 3.26. The summed E-state index contributed by atoms with van der Waals surface area (Å²) in [7, 11) is -3.55. The first kappa shape index (κ1) is 19.3. The van der Waals surface area contributed by atoms with E-state index in [1.807, 2.05) is 24.3 Å². The van der Waals surface area contributed by atoms with Crippen LogP contribution in [0.2, 0.25) is 0 Å². The number of anilines is 1. The standard InChI is InChI=1S/C22H24N4O3S/c27-21-6-3-13-26(21)17-7-9-18(10-8-17)30(28,29)25-14-11-16(12-15-25)22-23-19-4-1-2-5-20(19)24-22/h1-2,4-5,7-10,16H,3,6,11-15H2,(H,23,24). The van der Waals surface area contributed by atoms with Gasteiger partial charge in [-0.1, -0.05) is 12.1 Å². The number of nitrogens with zero attached hydrogens (tertiary/aromatic N) is 3. The Hall–Kier alpha value is -2.71. The maximum absolute atomic E-state index is 13.1. The van der Waals surface area contributed by atoms with Crippen LogP contribution in [0, 0.1) is 0 Å². The molecule has 156 valence electrons. The van der Waals surface area contributed by atoms with Crippen LogP contribution >= 0.6 is 0 Å². The van der Waals surface area contributed by atoms with Crippen molar-refractivity contribution in [1.29, 1.82) is 0 Å². The molecule has 3 aromatic rings. The molecule has 2 aromatic carbocycles. The van der Waals surface area contributed by atoms with Gasteiger partial charge in [-0.2, -0.15) is 4.31 Å². The van der Waals surface area contributed by atoms with E-state index in [0.717, 1.165) is 41.8 Å². The Morgan fingerprint density at radius 1 is 0.967 bits per heavy atom. The minimum Gasteiger partial charge on any atom is -0.342 e. The largest absolute Gasteiger partial charge is 0.342 e. The van der Waals surface area contributed by atoms with Gasteiger partial charge in [-0.25, -0.2) is 13.4 Å². The molecule has 2 saturated heterocycles. The summed E-state index contributed by atoms with van der Waals surface area (Å²) in [5.74, 6) is 1.26. The van der Waals surface area contributed by atoms with Crippen molar-refractivity contribution < 1.29 is 13.2 Å². The molecule has 0 aliphatic carbocycles. The zero-order valence-electron chi connectivity index (χ0n) is 16.6. The summed E-state index contributed by atoms with van der Waals surface area (Å²) in [6.45, 7) is 1.63. The summed E-state index contributed by atoms with van der Waals surface area (Å²) in [5.41, 5.74) is 2.72. The molecule has 0 bridgehead atoms. The number of carbonyl (C=O) groups is 1. The molecule has 0 radical (unpaired) electrons. The van der Waals surface area contributed by atoms with Crippen LogP contribution in [0.4, 0.5) is 5.69 Å². The second kappa shape index (κ2) is 7.52. The van der Waals surface area contributed by atoms with Crippen LogP contribution in [0.3, 0.4) is 0 Å². The summed E-state index contributed by atoms with van der Waals surface area (Å²) in [6.07, 6.45) is 2.87. The number of fused-ring (bicyclic) bond motifs is 1. The number of hydrogen-bond acceptors (Lipinski definition) is 4. The molecule has 0 atom stereocenters. The summed E-state index contributed by atoms with van der Waals surface area (Å²) in [4.78, 5) is 22.0. The number of sulfonamides is 1. The third kappa shape index (κ3) is 3.40. The highest BCUT2D eigenvalue weighted by Gasteiger charge is 2.31. The fraction of sp³-hybridized carbons (Fsp3) is 0.364. The lowest BCUT2D eigenvalue weighted by Crippen LogP contribution is -2.38. The number of aromatic nitrogens is 2. The van der Waals surface area contributed by atoms with Gasteiger partial charge >= 0.3 is 0 Å². The summed E-state index contributed by atoms with van der Waals surface area (Å²) in [5, 5.41) is 0. The maximum Gasteiger partial charge on any atom is 0.243 e. The van der Waals surface area contributed by atoms with E-state index in [0.29, 0.717) is 26.1 Å². The number of benzene rings is 2. The van der Waals surface area contributed by atoms with Gasteiger partial charge in [0.25, 0.3) is 0 Å². The van der Waals surface area contributed by atoms with Crippen molar-refractivity contribution in [3.8, 4) is 0 Å². The lowest BCUT2D eigenvalue weighted by Gasteiger charge is -2.30. The van der Waals surface area contributed by atoms with E-state index in [-0.39, 0.29) is 16.7 Å². The number of carbonyl (C=O) groups excluding carboxylic acids is 1. The number of nitrogens with one attached hydrogen (secondary N) is 1. The molecule has 30 heavy (non-hydrogen) atoms.